The fraction of sp³-hybridized carbons (Fsp3) is 0.429. The first kappa shape index (κ1) is 23.1. The smallest absolute Gasteiger partial charge is 0.247 e. The van der Waals surface area contributed by atoms with Crippen molar-refractivity contribution >= 4 is 38.0 Å². The Morgan fingerprint density at radius 3 is 2.58 bits per heavy atom. The number of ether oxygens (including phenoxy) is 1. The number of carbonyl (C=O) groups is 1. The van der Waals surface area contributed by atoms with Gasteiger partial charge >= 0.3 is 0 Å². The van der Waals surface area contributed by atoms with Gasteiger partial charge in [-0.15, -0.1) is 11.3 Å². The molecule has 1 saturated heterocycles. The first-order valence-corrected chi connectivity index (χ1v) is 12.4. The predicted octanol–water partition coefficient (Wildman–Crippen LogP) is 3.63. The van der Waals surface area contributed by atoms with E-state index < -0.39 is 16.1 Å². The molecular formula is C21H26N4O4S2. The summed E-state index contributed by atoms with van der Waals surface area (Å²) in [6, 6.07) is 7.60. The van der Waals surface area contributed by atoms with Gasteiger partial charge in [0.25, 0.3) is 0 Å². The van der Waals surface area contributed by atoms with Crippen molar-refractivity contribution in [2.24, 2.45) is 0 Å². The third-order valence-electron chi connectivity index (χ3n) is 5.16. The van der Waals surface area contributed by atoms with Crippen LogP contribution in [0.25, 0.3) is 0 Å². The van der Waals surface area contributed by atoms with Crippen molar-refractivity contribution in [3.05, 3.63) is 35.2 Å². The number of methoxy groups -OCH3 is 1. The van der Waals surface area contributed by atoms with E-state index in [-0.39, 0.29) is 10.8 Å². The molecule has 31 heavy (non-hydrogen) atoms. The lowest BCUT2D eigenvalue weighted by molar-refractivity contribution is -0.116. The molecule has 1 unspecified atom stereocenters. The molecule has 0 radical (unpaired) electrons. The minimum absolute atomic E-state index is 0.162. The molecule has 2 N–H and O–H groups in total. The molecule has 1 aliphatic rings. The minimum Gasteiger partial charge on any atom is -0.495 e. The standard InChI is InChI=1S/C21H26N4O4S2/c1-15(20(26)24-21-16(14-22)9-12-30-21)23-18-13-17(7-8-19(18)29-2)31(27,28)25-10-5-3-4-6-11-25/h7-9,12-13,15,23H,3-6,10-11H2,1-2H3,(H,24,26). The van der Waals surface area contributed by atoms with E-state index in [4.69, 9.17) is 10.00 Å². The molecule has 8 nitrogen and oxygen atoms in total. The lowest BCUT2D eigenvalue weighted by Gasteiger charge is -2.22. The third-order valence-corrected chi connectivity index (χ3v) is 7.89. The minimum atomic E-state index is -3.64. The van der Waals surface area contributed by atoms with E-state index in [0.717, 1.165) is 25.7 Å². The summed E-state index contributed by atoms with van der Waals surface area (Å²) in [4.78, 5) is 12.8. The van der Waals surface area contributed by atoms with Gasteiger partial charge in [-0.3, -0.25) is 4.79 Å². The molecule has 1 atom stereocenters. The van der Waals surface area contributed by atoms with Crippen LogP contribution in [-0.4, -0.2) is 44.9 Å². The summed E-state index contributed by atoms with van der Waals surface area (Å²) in [6.45, 7) is 2.68. The highest BCUT2D eigenvalue weighted by atomic mass is 32.2. The van der Waals surface area contributed by atoms with Crippen LogP contribution >= 0.6 is 11.3 Å². The van der Waals surface area contributed by atoms with Crippen LogP contribution in [0.2, 0.25) is 0 Å². The molecule has 1 amide bonds. The number of nitrogens with one attached hydrogen (secondary N) is 2. The highest BCUT2D eigenvalue weighted by molar-refractivity contribution is 7.89. The van der Waals surface area contributed by atoms with Gasteiger partial charge in [-0.25, -0.2) is 8.42 Å². The molecule has 10 heteroatoms. The number of sulfonamides is 1. The second kappa shape index (κ2) is 10.1. The van der Waals surface area contributed by atoms with Gasteiger partial charge in [0.15, 0.2) is 0 Å². The summed E-state index contributed by atoms with van der Waals surface area (Å²) < 4.78 is 33.2. The zero-order valence-electron chi connectivity index (χ0n) is 17.6. The first-order valence-electron chi connectivity index (χ1n) is 10.1. The van der Waals surface area contributed by atoms with Gasteiger partial charge in [-0.1, -0.05) is 12.8 Å². The molecule has 0 bridgehead atoms. The number of benzene rings is 1. The molecule has 2 heterocycles. The summed E-state index contributed by atoms with van der Waals surface area (Å²) >= 11 is 1.27. The molecule has 0 spiro atoms. The maximum atomic E-state index is 13.1. The van der Waals surface area contributed by atoms with E-state index in [1.54, 1.807) is 24.4 Å². The molecule has 0 aliphatic carbocycles. The molecular weight excluding hydrogens is 436 g/mol. The van der Waals surface area contributed by atoms with Crippen molar-refractivity contribution in [3.8, 4) is 11.8 Å². The van der Waals surface area contributed by atoms with Gasteiger partial charge < -0.3 is 15.4 Å². The van der Waals surface area contributed by atoms with Crippen molar-refractivity contribution in [1.82, 2.24) is 4.31 Å². The quantitative estimate of drug-likeness (QED) is 0.650. The normalized spacial score (nSPS) is 16.0. The molecule has 2 aromatic rings. The van der Waals surface area contributed by atoms with Crippen LogP contribution in [0.1, 0.15) is 38.2 Å². The van der Waals surface area contributed by atoms with E-state index in [9.17, 15) is 13.2 Å². The zero-order chi connectivity index (χ0) is 22.4. The van der Waals surface area contributed by atoms with Crippen molar-refractivity contribution < 1.29 is 17.9 Å². The van der Waals surface area contributed by atoms with E-state index in [0.29, 0.717) is 35.1 Å². The molecule has 3 rings (SSSR count). The van der Waals surface area contributed by atoms with E-state index in [1.807, 2.05) is 6.07 Å². The molecule has 1 aliphatic heterocycles. The van der Waals surface area contributed by atoms with E-state index >= 15 is 0 Å². The van der Waals surface area contributed by atoms with Crippen LogP contribution in [0, 0.1) is 11.3 Å². The van der Waals surface area contributed by atoms with Crippen molar-refractivity contribution in [2.45, 2.75) is 43.5 Å². The van der Waals surface area contributed by atoms with Crippen LogP contribution < -0.4 is 15.4 Å². The zero-order valence-corrected chi connectivity index (χ0v) is 19.2. The van der Waals surface area contributed by atoms with Crippen LogP contribution in [0.15, 0.2) is 34.5 Å². The molecule has 1 aromatic carbocycles. The SMILES string of the molecule is COc1ccc(S(=O)(=O)N2CCCCCC2)cc1NC(C)C(=O)Nc1sccc1C#N. The van der Waals surface area contributed by atoms with Gasteiger partial charge in [0.2, 0.25) is 15.9 Å². The Morgan fingerprint density at radius 2 is 1.94 bits per heavy atom. The maximum absolute atomic E-state index is 13.1. The molecule has 1 aromatic heterocycles. The highest BCUT2D eigenvalue weighted by Crippen LogP contribution is 2.30. The summed E-state index contributed by atoms with van der Waals surface area (Å²) in [5, 5.41) is 17.1. The average Bonchev–Trinajstić information content (AvgIpc) is 3.02. The second-order valence-electron chi connectivity index (χ2n) is 7.31. The third kappa shape index (κ3) is 5.36. The van der Waals surface area contributed by atoms with Gasteiger partial charge in [0.1, 0.15) is 22.9 Å². The lowest BCUT2D eigenvalue weighted by atomic mass is 10.2. The van der Waals surface area contributed by atoms with Crippen molar-refractivity contribution in [2.75, 3.05) is 30.8 Å². The van der Waals surface area contributed by atoms with E-state index in [1.165, 1.54) is 34.9 Å². The van der Waals surface area contributed by atoms with Crippen LogP contribution in [-0.2, 0) is 14.8 Å². The number of nitrogens with zero attached hydrogens (tertiary/aromatic N) is 2. The average molecular weight is 463 g/mol. The summed E-state index contributed by atoms with van der Waals surface area (Å²) in [5.41, 5.74) is 0.807. The number of thiophene rings is 1. The second-order valence-corrected chi connectivity index (χ2v) is 10.2. The van der Waals surface area contributed by atoms with Gasteiger partial charge in [0, 0.05) is 13.1 Å². The van der Waals surface area contributed by atoms with Gasteiger partial charge in [-0.05, 0) is 49.4 Å². The number of amides is 1. The Labute approximate surface area is 186 Å². The first-order chi connectivity index (χ1) is 14.9. The summed E-state index contributed by atoms with van der Waals surface area (Å²) in [6.07, 6.45) is 3.77. The Bertz CT molecular complexity index is 1070. The highest BCUT2D eigenvalue weighted by Gasteiger charge is 2.26. The summed E-state index contributed by atoms with van der Waals surface area (Å²) in [7, 11) is -2.15. The van der Waals surface area contributed by atoms with Crippen molar-refractivity contribution in [3.63, 3.8) is 0 Å². The van der Waals surface area contributed by atoms with Gasteiger partial charge in [-0.2, -0.15) is 9.57 Å². The largest absolute Gasteiger partial charge is 0.495 e. The number of hydrogen-bond acceptors (Lipinski definition) is 7. The molecule has 0 saturated carbocycles. The van der Waals surface area contributed by atoms with Crippen LogP contribution in [0.5, 0.6) is 5.75 Å². The lowest BCUT2D eigenvalue weighted by Crippen LogP contribution is -2.33. The Hall–Kier alpha value is -2.61. The number of anilines is 2. The van der Waals surface area contributed by atoms with Crippen LogP contribution in [0.4, 0.5) is 10.7 Å². The maximum Gasteiger partial charge on any atom is 0.247 e. The Morgan fingerprint density at radius 1 is 1.23 bits per heavy atom. The van der Waals surface area contributed by atoms with Crippen molar-refractivity contribution in [1.29, 1.82) is 5.26 Å². The molecule has 166 valence electrons. The topological polar surface area (TPSA) is 112 Å². The van der Waals surface area contributed by atoms with E-state index in [2.05, 4.69) is 10.6 Å². The fourth-order valence-electron chi connectivity index (χ4n) is 3.40. The van der Waals surface area contributed by atoms with Gasteiger partial charge in [0.05, 0.1) is 23.3 Å². The number of hydrogen-bond donors (Lipinski definition) is 2. The Kier molecular flexibility index (Phi) is 7.54. The Balaban J connectivity index is 1.80. The number of nitriles is 1. The summed E-state index contributed by atoms with van der Waals surface area (Å²) in [5.74, 6) is 0.0880. The fourth-order valence-corrected chi connectivity index (χ4v) is 5.69. The predicted molar refractivity (Wildman–Crippen MR) is 121 cm³/mol. The molecule has 1 fully saturated rings. The van der Waals surface area contributed by atoms with Crippen LogP contribution in [0.3, 0.4) is 0 Å². The number of carbonyl (C=O) groups excluding carboxylic acids is 1. The number of rotatable bonds is 7. The monoisotopic (exact) mass is 462 g/mol.